The van der Waals surface area contributed by atoms with Crippen LogP contribution < -0.4 is 19.3 Å². The number of fused-ring (bicyclic) bond motifs is 2. The first-order valence-corrected chi connectivity index (χ1v) is 26.2. The molecule has 1 amide bonds. The molecule has 1 saturated carbocycles. The van der Waals surface area contributed by atoms with Crippen LogP contribution in [0.3, 0.4) is 0 Å². The van der Waals surface area contributed by atoms with Crippen molar-refractivity contribution in [2.24, 2.45) is 11.8 Å². The number of piperidine rings is 1. The fourth-order valence-corrected chi connectivity index (χ4v) is 10.5. The van der Waals surface area contributed by atoms with Gasteiger partial charge in [0.1, 0.15) is 82.1 Å². The molecular formula is C58H57N13O6. The summed E-state index contributed by atoms with van der Waals surface area (Å²) in [5.74, 6) is 3.02. The molecule has 390 valence electrons. The fraction of sp³-hybridized carbons (Fsp3) is 0.362. The molecule has 19 heteroatoms. The Labute approximate surface area is 444 Å². The molecule has 0 bridgehead atoms. The summed E-state index contributed by atoms with van der Waals surface area (Å²) in [6, 6.07) is 32.3. The number of H-pyrrole nitrogens is 2. The Kier molecular flexibility index (Phi) is 13.3. The van der Waals surface area contributed by atoms with E-state index >= 15 is 0 Å². The van der Waals surface area contributed by atoms with E-state index in [1.165, 1.54) is 12.7 Å². The number of carbonyl (C=O) groups excluding carboxylic acids is 1. The second-order valence-corrected chi connectivity index (χ2v) is 21.0. The number of ether oxygens (including phenoxy) is 5. The van der Waals surface area contributed by atoms with Crippen molar-refractivity contribution >= 4 is 39.8 Å². The number of aromatic amines is 2. The molecule has 3 unspecified atom stereocenters. The van der Waals surface area contributed by atoms with E-state index in [0.29, 0.717) is 119 Å². The Morgan fingerprint density at radius 1 is 0.688 bits per heavy atom. The Morgan fingerprint density at radius 3 is 1.82 bits per heavy atom. The Balaban J connectivity index is 0.656. The molecule has 3 aliphatic heterocycles. The van der Waals surface area contributed by atoms with Crippen molar-refractivity contribution in [3.63, 3.8) is 0 Å². The van der Waals surface area contributed by atoms with Gasteiger partial charge in [0, 0.05) is 85.7 Å². The molecule has 0 spiro atoms. The van der Waals surface area contributed by atoms with E-state index < -0.39 is 5.60 Å². The van der Waals surface area contributed by atoms with E-state index in [1.807, 2.05) is 45.0 Å². The molecule has 2 N–H and O–H groups in total. The Morgan fingerprint density at radius 2 is 1.23 bits per heavy atom. The van der Waals surface area contributed by atoms with Crippen LogP contribution in [0, 0.1) is 34.5 Å². The highest BCUT2D eigenvalue weighted by Gasteiger charge is 2.46. The summed E-state index contributed by atoms with van der Waals surface area (Å²) in [6.45, 7) is 12.4. The van der Waals surface area contributed by atoms with Gasteiger partial charge in [-0.2, -0.15) is 10.5 Å². The van der Waals surface area contributed by atoms with Gasteiger partial charge in [0.05, 0.1) is 43.7 Å². The number of carbonyl (C=O) groups is 1. The van der Waals surface area contributed by atoms with E-state index in [-0.39, 0.29) is 18.3 Å². The van der Waals surface area contributed by atoms with Gasteiger partial charge in [0.2, 0.25) is 0 Å². The maximum absolute atomic E-state index is 12.6. The minimum atomic E-state index is -0.559. The van der Waals surface area contributed by atoms with Gasteiger partial charge in [0.15, 0.2) is 11.3 Å². The van der Waals surface area contributed by atoms with Gasteiger partial charge in [-0.25, -0.2) is 34.7 Å². The highest BCUT2D eigenvalue weighted by molar-refractivity contribution is 5.91. The summed E-state index contributed by atoms with van der Waals surface area (Å²) in [7, 11) is 0. The van der Waals surface area contributed by atoms with E-state index in [2.05, 4.69) is 100 Å². The standard InChI is InChI=1S/C58H57N13O6/c1-58(2,3)77-57(72)70-18-16-44(17-19-70)76-47-15-9-38(27-40(47)30-60)50-52-56(64-34-62-50)68-54(66-52)36-6-12-43(13-7-36)71-22-25-74-48(31-71)45-28-41(45)32-75-46-14-8-37(26-39(46)29-59)49-51-55(63-33-61-49)67-53(65-51)35-4-10-42(11-5-35)69-20-23-73-24-21-69/h4-15,26-27,33-34,41,44-45,48H,16-25,28,31-32H2,1-3H3,(H,61,63,65,67)(H,62,64,66,68). The molecule has 3 atom stereocenters. The molecule has 4 fully saturated rings. The third-order valence-electron chi connectivity index (χ3n) is 14.7. The van der Waals surface area contributed by atoms with Crippen molar-refractivity contribution in [3.05, 3.63) is 109 Å². The quantitative estimate of drug-likeness (QED) is 0.116. The number of nitriles is 2. The maximum atomic E-state index is 12.6. The number of amides is 1. The molecule has 4 aliphatic rings. The molecule has 4 aromatic carbocycles. The molecule has 8 aromatic rings. The van der Waals surface area contributed by atoms with Crippen LogP contribution in [0.2, 0.25) is 0 Å². The topological polar surface area (TPSA) is 229 Å². The minimum Gasteiger partial charge on any atom is -0.492 e. The van der Waals surface area contributed by atoms with Crippen molar-refractivity contribution in [3.8, 4) is 68.9 Å². The number of nitrogens with zero attached hydrogens (tertiary/aromatic N) is 11. The van der Waals surface area contributed by atoms with Gasteiger partial charge in [-0.05, 0) is 124 Å². The van der Waals surface area contributed by atoms with Gasteiger partial charge in [-0.1, -0.05) is 0 Å². The highest BCUT2D eigenvalue weighted by atomic mass is 16.6. The zero-order chi connectivity index (χ0) is 52.6. The van der Waals surface area contributed by atoms with Gasteiger partial charge in [-0.3, -0.25) is 0 Å². The molecule has 0 radical (unpaired) electrons. The van der Waals surface area contributed by atoms with E-state index in [0.717, 1.165) is 79.4 Å². The normalized spacial score (nSPS) is 19.0. The first-order chi connectivity index (χ1) is 37.5. The van der Waals surface area contributed by atoms with Crippen LogP contribution >= 0.6 is 0 Å². The van der Waals surface area contributed by atoms with Crippen molar-refractivity contribution in [1.29, 1.82) is 10.5 Å². The summed E-state index contributed by atoms with van der Waals surface area (Å²) in [6.07, 6.45) is 4.83. The lowest BCUT2D eigenvalue weighted by atomic mass is 10.1. The predicted molar refractivity (Wildman–Crippen MR) is 288 cm³/mol. The van der Waals surface area contributed by atoms with Gasteiger partial charge in [-0.15, -0.1) is 0 Å². The zero-order valence-corrected chi connectivity index (χ0v) is 43.1. The van der Waals surface area contributed by atoms with Crippen molar-refractivity contribution < 1.29 is 28.5 Å². The monoisotopic (exact) mass is 1030 g/mol. The van der Waals surface area contributed by atoms with Crippen LogP contribution in [0.5, 0.6) is 11.5 Å². The largest absolute Gasteiger partial charge is 0.492 e. The van der Waals surface area contributed by atoms with Gasteiger partial charge in [0.25, 0.3) is 0 Å². The highest BCUT2D eigenvalue weighted by Crippen LogP contribution is 2.45. The third kappa shape index (κ3) is 10.5. The molecule has 1 aliphatic carbocycles. The van der Waals surface area contributed by atoms with Crippen LogP contribution in [0.25, 0.3) is 67.6 Å². The van der Waals surface area contributed by atoms with E-state index in [1.54, 1.807) is 17.0 Å². The van der Waals surface area contributed by atoms with Crippen LogP contribution in [-0.4, -0.2) is 134 Å². The summed E-state index contributed by atoms with van der Waals surface area (Å²) in [5, 5.41) is 20.4. The Bertz CT molecular complexity index is 3550. The summed E-state index contributed by atoms with van der Waals surface area (Å²) in [4.78, 5) is 53.7. The van der Waals surface area contributed by atoms with Gasteiger partial charge >= 0.3 is 6.09 Å². The van der Waals surface area contributed by atoms with Crippen molar-refractivity contribution in [1.82, 2.24) is 44.8 Å². The average Bonchev–Trinajstić information content (AvgIpc) is 3.95. The summed E-state index contributed by atoms with van der Waals surface area (Å²) >= 11 is 0. The predicted octanol–water partition coefficient (Wildman–Crippen LogP) is 8.97. The number of hydrogen-bond acceptors (Lipinski definition) is 16. The number of aromatic nitrogens is 8. The SMILES string of the molecule is CC(C)(C)OC(=O)N1CCC(Oc2ccc(-c3ncnc4[nH]c(-c5ccc(N6CCOC(C7CC7COc7ccc(-c8ncnc9[nH]c(-c%10ccc(N%11CCOCC%11)cc%10)nc89)cc7C#N)C6)cc5)nc34)cc2C#N)CC1. The summed E-state index contributed by atoms with van der Waals surface area (Å²) < 4.78 is 30.1. The lowest BCUT2D eigenvalue weighted by molar-refractivity contribution is 0.0126. The van der Waals surface area contributed by atoms with Gasteiger partial charge < -0.3 is 48.4 Å². The van der Waals surface area contributed by atoms with E-state index in [4.69, 9.17) is 33.7 Å². The number of morpholine rings is 2. The number of likely N-dealkylation sites (tertiary alicyclic amines) is 1. The lowest BCUT2D eigenvalue weighted by Gasteiger charge is -2.35. The molecule has 19 nitrogen and oxygen atoms in total. The zero-order valence-electron chi connectivity index (χ0n) is 43.1. The molecule has 77 heavy (non-hydrogen) atoms. The number of anilines is 2. The number of rotatable bonds is 12. The minimum absolute atomic E-state index is 0.0510. The first kappa shape index (κ1) is 49.2. The van der Waals surface area contributed by atoms with Crippen LogP contribution in [0.4, 0.5) is 16.2 Å². The van der Waals surface area contributed by atoms with Crippen molar-refractivity contribution in [2.75, 3.05) is 75.5 Å². The first-order valence-electron chi connectivity index (χ1n) is 26.2. The Hall–Kier alpha value is -8.65. The smallest absolute Gasteiger partial charge is 0.410 e. The molecular weight excluding hydrogens is 975 g/mol. The molecule has 3 saturated heterocycles. The van der Waals surface area contributed by atoms with E-state index in [9.17, 15) is 15.3 Å². The second kappa shape index (κ2) is 20.8. The summed E-state index contributed by atoms with van der Waals surface area (Å²) in [5.41, 5.74) is 9.46. The second-order valence-electron chi connectivity index (χ2n) is 21.0. The fourth-order valence-electron chi connectivity index (χ4n) is 10.5. The molecule has 12 rings (SSSR count). The number of nitrogens with one attached hydrogen (secondary N) is 2. The average molecular weight is 1030 g/mol. The van der Waals surface area contributed by atoms with Crippen LogP contribution in [0.15, 0.2) is 97.6 Å². The maximum Gasteiger partial charge on any atom is 0.410 e. The van der Waals surface area contributed by atoms with Crippen LogP contribution in [-0.2, 0) is 14.2 Å². The van der Waals surface area contributed by atoms with Crippen molar-refractivity contribution in [2.45, 2.75) is 57.8 Å². The molecule has 7 heterocycles. The number of imidazole rings is 2. The van der Waals surface area contributed by atoms with Crippen LogP contribution in [0.1, 0.15) is 51.2 Å². The molecule has 4 aromatic heterocycles. The lowest BCUT2D eigenvalue weighted by Crippen LogP contribution is -2.44. The third-order valence-corrected chi connectivity index (χ3v) is 14.7. The number of benzene rings is 4. The number of hydrogen-bond donors (Lipinski definition) is 2.